The minimum atomic E-state index is -1.23. The Labute approximate surface area is 178 Å². The summed E-state index contributed by atoms with van der Waals surface area (Å²) >= 11 is 0. The predicted molar refractivity (Wildman–Crippen MR) is 110 cm³/mol. The molecule has 0 radical (unpaired) electrons. The molecular weight excluding hydrogens is 396 g/mol. The number of fused-ring (bicyclic) bond motifs is 6. The third-order valence-electron chi connectivity index (χ3n) is 6.00. The highest BCUT2D eigenvalue weighted by Gasteiger charge is 2.59. The Kier molecular flexibility index (Phi) is 4.02. The normalized spacial score (nSPS) is 25.3. The topological polar surface area (TPSA) is 89.9 Å². The first-order valence-corrected chi connectivity index (χ1v) is 9.81. The maximum atomic E-state index is 13.4. The van der Waals surface area contributed by atoms with Gasteiger partial charge >= 0.3 is 11.9 Å². The molecule has 0 saturated carbocycles. The molecule has 3 aliphatic rings. The van der Waals surface area contributed by atoms with Crippen molar-refractivity contribution in [3.05, 3.63) is 101 Å². The molecule has 1 N–H and O–H groups in total. The highest BCUT2D eigenvalue weighted by atomic mass is 16.6. The van der Waals surface area contributed by atoms with Crippen molar-refractivity contribution >= 4 is 17.7 Å². The Bertz CT molecular complexity index is 1250. The van der Waals surface area contributed by atoms with Crippen molar-refractivity contribution in [2.24, 2.45) is 11.8 Å². The number of carbonyl (C=O) groups excluding carboxylic acids is 3. The van der Waals surface area contributed by atoms with E-state index in [1.807, 2.05) is 12.1 Å². The molecule has 0 amide bonds. The fraction of sp³-hybridized carbons (Fsp3) is 0.160. The number of ether oxygens (including phenoxy) is 2. The van der Waals surface area contributed by atoms with Crippen molar-refractivity contribution in [2.45, 2.75) is 12.5 Å². The molecule has 31 heavy (non-hydrogen) atoms. The van der Waals surface area contributed by atoms with Crippen LogP contribution in [0.5, 0.6) is 5.75 Å². The maximum Gasteiger partial charge on any atom is 0.339 e. The van der Waals surface area contributed by atoms with Crippen LogP contribution in [0.15, 0.2) is 78.6 Å². The van der Waals surface area contributed by atoms with Crippen molar-refractivity contribution in [2.75, 3.05) is 0 Å². The zero-order valence-electron chi connectivity index (χ0n) is 16.6. The molecule has 0 aromatic heterocycles. The van der Waals surface area contributed by atoms with E-state index in [2.05, 4.69) is 6.58 Å². The third-order valence-corrected chi connectivity index (χ3v) is 6.00. The Morgan fingerprint density at radius 1 is 1.13 bits per heavy atom. The Hall–Kier alpha value is -3.93. The van der Waals surface area contributed by atoms with Gasteiger partial charge in [0, 0.05) is 28.2 Å². The fourth-order valence-corrected chi connectivity index (χ4v) is 4.65. The number of allylic oxidation sites excluding steroid dienone is 2. The van der Waals surface area contributed by atoms with Gasteiger partial charge in [0.05, 0.1) is 11.5 Å². The van der Waals surface area contributed by atoms with Crippen LogP contribution in [0, 0.1) is 11.8 Å². The van der Waals surface area contributed by atoms with Crippen LogP contribution in [0.4, 0.5) is 0 Å². The molecule has 0 bridgehead atoms. The largest absolute Gasteiger partial charge is 0.508 e. The maximum absolute atomic E-state index is 13.4. The van der Waals surface area contributed by atoms with Crippen LogP contribution in [0.2, 0.25) is 0 Å². The molecule has 1 heterocycles. The first kappa shape index (κ1) is 19.1. The number of benzene rings is 2. The fourth-order valence-electron chi connectivity index (χ4n) is 4.65. The second kappa shape index (κ2) is 6.54. The lowest BCUT2D eigenvalue weighted by atomic mass is 9.61. The number of carbonyl (C=O) groups is 3. The van der Waals surface area contributed by atoms with Gasteiger partial charge in [-0.2, -0.15) is 0 Å². The highest BCUT2D eigenvalue weighted by Crippen LogP contribution is 2.56. The minimum Gasteiger partial charge on any atom is -0.508 e. The summed E-state index contributed by atoms with van der Waals surface area (Å²) in [7, 11) is 0. The Morgan fingerprint density at radius 2 is 1.87 bits per heavy atom. The number of hydrogen-bond donors (Lipinski definition) is 1. The lowest BCUT2D eigenvalue weighted by Crippen LogP contribution is -2.48. The average molecular weight is 414 g/mol. The molecular formula is C25H18O6. The van der Waals surface area contributed by atoms with E-state index in [1.165, 1.54) is 19.1 Å². The van der Waals surface area contributed by atoms with Gasteiger partial charge in [-0.1, -0.05) is 36.9 Å². The van der Waals surface area contributed by atoms with Crippen molar-refractivity contribution in [3.8, 4) is 5.75 Å². The van der Waals surface area contributed by atoms with Gasteiger partial charge in [0.1, 0.15) is 11.5 Å². The van der Waals surface area contributed by atoms with Gasteiger partial charge < -0.3 is 14.6 Å². The van der Waals surface area contributed by atoms with Crippen molar-refractivity contribution in [3.63, 3.8) is 0 Å². The first-order valence-electron chi connectivity index (χ1n) is 9.81. The van der Waals surface area contributed by atoms with Crippen molar-refractivity contribution in [1.29, 1.82) is 0 Å². The van der Waals surface area contributed by atoms with E-state index in [-0.39, 0.29) is 28.4 Å². The number of aromatic hydroxyl groups is 1. The quantitative estimate of drug-likeness (QED) is 0.594. The standard InChI is InChI=1S/C25H18O6/c1-13(2)23(28)30-15-8-10-21-18(12-15)22(27)17-11-14(26)7-9-20(17)25(21)19-6-4-3-5-16(19)24(29)31-25/h3-12,18,21,26H,1H2,2H3. The molecule has 1 aliphatic heterocycles. The summed E-state index contributed by atoms with van der Waals surface area (Å²) in [6.45, 7) is 5.10. The van der Waals surface area contributed by atoms with Gasteiger partial charge in [0.25, 0.3) is 0 Å². The van der Waals surface area contributed by atoms with Crippen LogP contribution in [-0.4, -0.2) is 22.8 Å². The van der Waals surface area contributed by atoms with Crippen LogP contribution in [0.1, 0.15) is 38.8 Å². The van der Waals surface area contributed by atoms with E-state index in [0.717, 1.165) is 0 Å². The van der Waals surface area contributed by atoms with E-state index >= 15 is 0 Å². The second-order valence-electron chi connectivity index (χ2n) is 7.91. The zero-order valence-corrected chi connectivity index (χ0v) is 16.6. The molecule has 2 aromatic carbocycles. The number of phenols is 1. The minimum absolute atomic E-state index is 0.0671. The lowest BCUT2D eigenvalue weighted by molar-refractivity contribution is -0.134. The third kappa shape index (κ3) is 2.61. The monoisotopic (exact) mass is 414 g/mol. The summed E-state index contributed by atoms with van der Waals surface area (Å²) in [6.07, 6.45) is 4.92. The molecule has 3 atom stereocenters. The van der Waals surface area contributed by atoms with Crippen LogP contribution in [0.3, 0.4) is 0 Å². The summed E-state index contributed by atoms with van der Waals surface area (Å²) in [5.41, 5.74) is 0.892. The molecule has 0 fully saturated rings. The Morgan fingerprint density at radius 3 is 2.65 bits per heavy atom. The summed E-state index contributed by atoms with van der Waals surface area (Å²) in [5, 5.41) is 10.0. The van der Waals surface area contributed by atoms with Crippen molar-refractivity contribution in [1.82, 2.24) is 0 Å². The summed E-state index contributed by atoms with van der Waals surface area (Å²) in [4.78, 5) is 38.2. The van der Waals surface area contributed by atoms with Crippen LogP contribution < -0.4 is 0 Å². The molecule has 0 saturated heterocycles. The van der Waals surface area contributed by atoms with Gasteiger partial charge in [0.15, 0.2) is 11.4 Å². The van der Waals surface area contributed by atoms with E-state index in [4.69, 9.17) is 9.47 Å². The van der Waals surface area contributed by atoms with E-state index in [0.29, 0.717) is 16.7 Å². The number of esters is 2. The van der Waals surface area contributed by atoms with E-state index in [9.17, 15) is 19.5 Å². The van der Waals surface area contributed by atoms with Gasteiger partial charge in [0.2, 0.25) is 0 Å². The molecule has 2 aromatic rings. The number of Topliss-reactive ketones (excluding diaryl/α,β-unsaturated/α-hetero) is 1. The predicted octanol–water partition coefficient (Wildman–Crippen LogP) is 3.81. The second-order valence-corrected chi connectivity index (χ2v) is 7.91. The molecule has 6 nitrogen and oxygen atoms in total. The molecule has 2 aliphatic carbocycles. The molecule has 6 heteroatoms. The summed E-state index contributed by atoms with van der Waals surface area (Å²) in [5.74, 6) is -2.47. The number of hydrogen-bond acceptors (Lipinski definition) is 6. The average Bonchev–Trinajstić information content (AvgIpc) is 3.05. The zero-order chi connectivity index (χ0) is 21.9. The molecule has 154 valence electrons. The van der Waals surface area contributed by atoms with Crippen LogP contribution in [-0.2, 0) is 19.9 Å². The SMILES string of the molecule is C=C(C)C(=O)OC1=CC2C(=O)c3cc(O)ccc3C3(OC(=O)c4ccccc43)C2C=C1. The van der Waals surface area contributed by atoms with Crippen LogP contribution in [0.25, 0.3) is 0 Å². The molecule has 1 spiro atoms. The Balaban J connectivity index is 1.72. The number of rotatable bonds is 2. The van der Waals surface area contributed by atoms with E-state index in [1.54, 1.807) is 36.4 Å². The van der Waals surface area contributed by atoms with Gasteiger partial charge in [-0.15, -0.1) is 0 Å². The van der Waals surface area contributed by atoms with Gasteiger partial charge in [-0.3, -0.25) is 4.79 Å². The summed E-state index contributed by atoms with van der Waals surface area (Å²) in [6, 6.07) is 11.6. The van der Waals surface area contributed by atoms with Crippen molar-refractivity contribution < 1.29 is 29.0 Å². The highest BCUT2D eigenvalue weighted by molar-refractivity contribution is 6.05. The number of phenolic OH excluding ortho intramolecular Hbond substituents is 1. The van der Waals surface area contributed by atoms with E-state index < -0.39 is 29.4 Å². The smallest absolute Gasteiger partial charge is 0.339 e. The summed E-state index contributed by atoms with van der Waals surface area (Å²) < 4.78 is 11.4. The molecule has 3 unspecified atom stereocenters. The lowest BCUT2D eigenvalue weighted by Gasteiger charge is -2.44. The van der Waals surface area contributed by atoms with Gasteiger partial charge in [-0.05, 0) is 37.3 Å². The van der Waals surface area contributed by atoms with Gasteiger partial charge in [-0.25, -0.2) is 9.59 Å². The van der Waals surface area contributed by atoms with Crippen LogP contribution >= 0.6 is 0 Å². The number of ketones is 1. The first-order chi connectivity index (χ1) is 14.8. The molecule has 5 rings (SSSR count).